The summed E-state index contributed by atoms with van der Waals surface area (Å²) in [6.07, 6.45) is 0.971. The summed E-state index contributed by atoms with van der Waals surface area (Å²) in [7, 11) is 0. The molecule has 0 amide bonds. The maximum atomic E-state index is 5.67. The number of benzene rings is 1. The SMILES string of the molecule is Brc1ccccc1OCCc1cccs1. The van der Waals surface area contributed by atoms with Crippen LogP contribution in [0.4, 0.5) is 0 Å². The molecule has 0 aliphatic carbocycles. The van der Waals surface area contributed by atoms with Gasteiger partial charge in [-0.15, -0.1) is 11.3 Å². The van der Waals surface area contributed by atoms with Crippen molar-refractivity contribution in [2.24, 2.45) is 0 Å². The van der Waals surface area contributed by atoms with Crippen LogP contribution in [0.3, 0.4) is 0 Å². The molecule has 2 rings (SSSR count). The van der Waals surface area contributed by atoms with E-state index in [2.05, 4.69) is 33.4 Å². The molecule has 15 heavy (non-hydrogen) atoms. The van der Waals surface area contributed by atoms with Crippen molar-refractivity contribution in [1.29, 1.82) is 0 Å². The summed E-state index contributed by atoms with van der Waals surface area (Å²) in [6, 6.07) is 12.1. The van der Waals surface area contributed by atoms with Crippen LogP contribution >= 0.6 is 27.3 Å². The van der Waals surface area contributed by atoms with Crippen LogP contribution in [-0.4, -0.2) is 6.61 Å². The first-order chi connectivity index (χ1) is 7.36. The highest BCUT2D eigenvalue weighted by molar-refractivity contribution is 9.10. The third kappa shape index (κ3) is 3.08. The molecular formula is C12H11BrOS. The summed E-state index contributed by atoms with van der Waals surface area (Å²) in [5, 5.41) is 2.09. The van der Waals surface area contributed by atoms with E-state index in [-0.39, 0.29) is 0 Å². The van der Waals surface area contributed by atoms with Gasteiger partial charge >= 0.3 is 0 Å². The molecule has 1 aromatic carbocycles. The molecule has 0 unspecified atom stereocenters. The van der Waals surface area contributed by atoms with Crippen LogP contribution < -0.4 is 4.74 Å². The Morgan fingerprint density at radius 2 is 2.00 bits per heavy atom. The molecule has 2 aromatic rings. The second-order valence-electron chi connectivity index (χ2n) is 3.11. The third-order valence-electron chi connectivity index (χ3n) is 2.02. The largest absolute Gasteiger partial charge is 0.492 e. The van der Waals surface area contributed by atoms with Gasteiger partial charge in [-0.25, -0.2) is 0 Å². The van der Waals surface area contributed by atoms with Gasteiger partial charge in [0, 0.05) is 11.3 Å². The first-order valence-electron chi connectivity index (χ1n) is 4.76. The minimum absolute atomic E-state index is 0.725. The van der Waals surface area contributed by atoms with E-state index >= 15 is 0 Å². The van der Waals surface area contributed by atoms with Gasteiger partial charge in [-0.1, -0.05) is 18.2 Å². The van der Waals surface area contributed by atoms with Crippen molar-refractivity contribution < 1.29 is 4.74 Å². The Hall–Kier alpha value is -0.800. The Morgan fingerprint density at radius 3 is 2.73 bits per heavy atom. The zero-order valence-electron chi connectivity index (χ0n) is 8.15. The Balaban J connectivity index is 1.86. The van der Waals surface area contributed by atoms with Crippen molar-refractivity contribution in [3.8, 4) is 5.75 Å². The lowest BCUT2D eigenvalue weighted by atomic mass is 10.3. The van der Waals surface area contributed by atoms with Crippen molar-refractivity contribution in [2.75, 3.05) is 6.61 Å². The normalized spacial score (nSPS) is 10.2. The molecule has 0 fully saturated rings. The van der Waals surface area contributed by atoms with Crippen LogP contribution in [0.2, 0.25) is 0 Å². The summed E-state index contributed by atoms with van der Waals surface area (Å²) in [4.78, 5) is 1.36. The molecule has 0 N–H and O–H groups in total. The van der Waals surface area contributed by atoms with Crippen LogP contribution in [0.1, 0.15) is 4.88 Å². The van der Waals surface area contributed by atoms with Gasteiger partial charge in [-0.2, -0.15) is 0 Å². The van der Waals surface area contributed by atoms with E-state index in [0.29, 0.717) is 0 Å². The van der Waals surface area contributed by atoms with Crippen molar-refractivity contribution in [1.82, 2.24) is 0 Å². The maximum absolute atomic E-state index is 5.67. The van der Waals surface area contributed by atoms with Crippen molar-refractivity contribution in [2.45, 2.75) is 6.42 Å². The van der Waals surface area contributed by atoms with E-state index in [1.165, 1.54) is 4.88 Å². The molecule has 0 aliphatic heterocycles. The highest BCUT2D eigenvalue weighted by Crippen LogP contribution is 2.24. The summed E-state index contributed by atoms with van der Waals surface area (Å²) in [5.74, 6) is 0.911. The highest BCUT2D eigenvalue weighted by atomic mass is 79.9. The van der Waals surface area contributed by atoms with Crippen LogP contribution in [-0.2, 0) is 6.42 Å². The van der Waals surface area contributed by atoms with E-state index in [9.17, 15) is 0 Å². The van der Waals surface area contributed by atoms with Crippen LogP contribution in [0.5, 0.6) is 5.75 Å². The number of para-hydroxylation sites is 1. The first kappa shape index (κ1) is 10.7. The standard InChI is InChI=1S/C12H11BrOS/c13-11-5-1-2-6-12(11)14-8-7-10-4-3-9-15-10/h1-6,9H,7-8H2. The topological polar surface area (TPSA) is 9.23 Å². The highest BCUT2D eigenvalue weighted by Gasteiger charge is 1.99. The second kappa shape index (κ2) is 5.33. The number of hydrogen-bond donors (Lipinski definition) is 0. The lowest BCUT2D eigenvalue weighted by Crippen LogP contribution is -2.00. The molecule has 0 spiro atoms. The van der Waals surface area contributed by atoms with Crippen LogP contribution in [0, 0.1) is 0 Å². The van der Waals surface area contributed by atoms with Crippen molar-refractivity contribution in [3.63, 3.8) is 0 Å². The van der Waals surface area contributed by atoms with Gasteiger partial charge in [0.1, 0.15) is 5.75 Å². The van der Waals surface area contributed by atoms with Crippen molar-refractivity contribution >= 4 is 27.3 Å². The predicted molar refractivity (Wildman–Crippen MR) is 67.7 cm³/mol. The summed E-state index contributed by atoms with van der Waals surface area (Å²) in [6.45, 7) is 0.725. The monoisotopic (exact) mass is 282 g/mol. The minimum Gasteiger partial charge on any atom is -0.492 e. The number of ether oxygens (including phenoxy) is 1. The first-order valence-corrected chi connectivity index (χ1v) is 6.43. The fourth-order valence-corrected chi connectivity index (χ4v) is 2.37. The fourth-order valence-electron chi connectivity index (χ4n) is 1.28. The van der Waals surface area contributed by atoms with Gasteiger partial charge in [0.05, 0.1) is 11.1 Å². The number of thiophene rings is 1. The van der Waals surface area contributed by atoms with E-state index in [1.54, 1.807) is 11.3 Å². The smallest absolute Gasteiger partial charge is 0.133 e. The van der Waals surface area contributed by atoms with Gasteiger partial charge in [0.15, 0.2) is 0 Å². The van der Waals surface area contributed by atoms with Crippen molar-refractivity contribution in [3.05, 3.63) is 51.1 Å². The van der Waals surface area contributed by atoms with E-state index in [0.717, 1.165) is 23.2 Å². The second-order valence-corrected chi connectivity index (χ2v) is 4.99. The van der Waals surface area contributed by atoms with E-state index in [1.807, 2.05) is 24.3 Å². The van der Waals surface area contributed by atoms with Crippen LogP contribution in [0.15, 0.2) is 46.3 Å². The summed E-state index contributed by atoms with van der Waals surface area (Å²) < 4.78 is 6.68. The maximum Gasteiger partial charge on any atom is 0.133 e. The van der Waals surface area contributed by atoms with Crippen LogP contribution in [0.25, 0.3) is 0 Å². The lowest BCUT2D eigenvalue weighted by Gasteiger charge is -2.06. The Morgan fingerprint density at radius 1 is 1.13 bits per heavy atom. The summed E-state index contributed by atoms with van der Waals surface area (Å²) >= 11 is 5.22. The van der Waals surface area contributed by atoms with Gasteiger partial charge in [0.2, 0.25) is 0 Å². The molecule has 0 atom stereocenters. The van der Waals surface area contributed by atoms with Gasteiger partial charge in [-0.05, 0) is 39.5 Å². The molecule has 1 heterocycles. The average Bonchev–Trinajstić information content (AvgIpc) is 2.74. The molecule has 1 aromatic heterocycles. The average molecular weight is 283 g/mol. The molecule has 3 heteroatoms. The molecule has 0 bridgehead atoms. The van der Waals surface area contributed by atoms with E-state index in [4.69, 9.17) is 4.74 Å². The van der Waals surface area contributed by atoms with Gasteiger partial charge < -0.3 is 4.74 Å². The Bertz CT molecular complexity index is 411. The van der Waals surface area contributed by atoms with Gasteiger partial charge in [-0.3, -0.25) is 0 Å². The zero-order chi connectivity index (χ0) is 10.5. The van der Waals surface area contributed by atoms with Gasteiger partial charge in [0.25, 0.3) is 0 Å². The quantitative estimate of drug-likeness (QED) is 0.819. The molecule has 78 valence electrons. The third-order valence-corrected chi connectivity index (χ3v) is 3.61. The molecule has 0 aliphatic rings. The summed E-state index contributed by atoms with van der Waals surface area (Å²) in [5.41, 5.74) is 0. The zero-order valence-corrected chi connectivity index (χ0v) is 10.6. The Labute approximate surface area is 102 Å². The molecule has 1 nitrogen and oxygen atoms in total. The number of halogens is 1. The lowest BCUT2D eigenvalue weighted by molar-refractivity contribution is 0.321. The molecule has 0 saturated heterocycles. The number of rotatable bonds is 4. The number of hydrogen-bond acceptors (Lipinski definition) is 2. The Kier molecular flexibility index (Phi) is 3.80. The molecule has 0 radical (unpaired) electrons. The fraction of sp³-hybridized carbons (Fsp3) is 0.167. The molecular weight excluding hydrogens is 272 g/mol. The predicted octanol–water partition coefficient (Wildman–Crippen LogP) is 4.13. The van der Waals surface area contributed by atoms with E-state index < -0.39 is 0 Å². The molecule has 0 saturated carbocycles. The minimum atomic E-state index is 0.725.